The van der Waals surface area contributed by atoms with Crippen molar-refractivity contribution in [3.05, 3.63) is 28.8 Å². The molecule has 0 aliphatic heterocycles. The number of aliphatic hydroxyl groups is 1. The molecular formula is C13H18ClNO3S. The molecular weight excluding hydrogens is 286 g/mol. The summed E-state index contributed by atoms with van der Waals surface area (Å²) in [6.45, 7) is 1.88. The molecule has 1 aromatic rings. The fourth-order valence-corrected chi connectivity index (χ4v) is 4.06. The highest BCUT2D eigenvalue weighted by atomic mass is 35.5. The Balaban J connectivity index is 2.16. The van der Waals surface area contributed by atoms with Crippen molar-refractivity contribution in [1.29, 1.82) is 0 Å². The maximum atomic E-state index is 12.2. The molecule has 0 radical (unpaired) electrons. The summed E-state index contributed by atoms with van der Waals surface area (Å²) < 4.78 is 27.2. The summed E-state index contributed by atoms with van der Waals surface area (Å²) in [6.07, 6.45) is 2.99. The van der Waals surface area contributed by atoms with Crippen LogP contribution < -0.4 is 4.72 Å². The van der Waals surface area contributed by atoms with Crippen molar-refractivity contribution in [2.45, 2.75) is 43.7 Å². The highest BCUT2D eigenvalue weighted by molar-refractivity contribution is 7.89. The lowest BCUT2D eigenvalue weighted by Gasteiger charge is -2.09. The molecule has 0 amide bonds. The first kappa shape index (κ1) is 14.8. The van der Waals surface area contributed by atoms with Gasteiger partial charge in [0, 0.05) is 6.04 Å². The molecule has 1 aliphatic carbocycles. The van der Waals surface area contributed by atoms with Crippen LogP contribution in [0.5, 0.6) is 0 Å². The highest BCUT2D eigenvalue weighted by Gasteiger charge is 2.39. The van der Waals surface area contributed by atoms with E-state index in [9.17, 15) is 8.42 Å². The Bertz CT molecular complexity index is 559. The molecule has 6 heteroatoms. The van der Waals surface area contributed by atoms with Gasteiger partial charge in [-0.1, -0.05) is 31.0 Å². The molecule has 1 aliphatic rings. The minimum Gasteiger partial charge on any atom is -0.392 e. The zero-order chi connectivity index (χ0) is 14.0. The zero-order valence-corrected chi connectivity index (χ0v) is 12.3. The molecule has 2 rings (SSSR count). The van der Waals surface area contributed by atoms with Crippen molar-refractivity contribution >= 4 is 21.6 Å². The standard InChI is InChI=1S/C13H18ClNO3S/c1-2-3-10-7-12(10)15-19(17,18)13-6-9(8-16)4-5-11(13)14/h4-6,10,12,15-16H,2-3,7-8H2,1H3. The van der Waals surface area contributed by atoms with Gasteiger partial charge in [0.15, 0.2) is 0 Å². The quantitative estimate of drug-likeness (QED) is 0.847. The van der Waals surface area contributed by atoms with E-state index in [-0.39, 0.29) is 22.6 Å². The molecule has 0 aromatic heterocycles. The molecule has 0 bridgehead atoms. The van der Waals surface area contributed by atoms with Crippen molar-refractivity contribution in [3.8, 4) is 0 Å². The van der Waals surface area contributed by atoms with E-state index in [1.54, 1.807) is 6.07 Å². The fourth-order valence-electron chi connectivity index (χ4n) is 2.20. The summed E-state index contributed by atoms with van der Waals surface area (Å²) in [4.78, 5) is 0.0443. The summed E-state index contributed by atoms with van der Waals surface area (Å²) in [5, 5.41) is 9.24. The Kier molecular flexibility index (Phi) is 4.50. The van der Waals surface area contributed by atoms with Crippen LogP contribution in [0.3, 0.4) is 0 Å². The van der Waals surface area contributed by atoms with Gasteiger partial charge in [0.1, 0.15) is 4.90 Å². The SMILES string of the molecule is CCCC1CC1NS(=O)(=O)c1cc(CO)ccc1Cl. The molecule has 1 saturated carbocycles. The zero-order valence-electron chi connectivity index (χ0n) is 10.8. The average molecular weight is 304 g/mol. The molecule has 2 unspecified atom stereocenters. The number of sulfonamides is 1. The van der Waals surface area contributed by atoms with Gasteiger partial charge in [-0.25, -0.2) is 13.1 Å². The molecule has 106 valence electrons. The number of halogens is 1. The topological polar surface area (TPSA) is 66.4 Å². The second-order valence-electron chi connectivity index (χ2n) is 4.94. The third-order valence-electron chi connectivity index (χ3n) is 3.36. The Hall–Kier alpha value is -0.620. The van der Waals surface area contributed by atoms with Gasteiger partial charge >= 0.3 is 0 Å². The van der Waals surface area contributed by atoms with E-state index in [4.69, 9.17) is 16.7 Å². The molecule has 0 spiro atoms. The van der Waals surface area contributed by atoms with Gasteiger partial charge in [0.2, 0.25) is 10.0 Å². The number of hydrogen-bond acceptors (Lipinski definition) is 3. The molecule has 1 aromatic carbocycles. The molecule has 1 fully saturated rings. The third-order valence-corrected chi connectivity index (χ3v) is 5.33. The number of rotatable bonds is 6. The van der Waals surface area contributed by atoms with Crippen LogP contribution in [0.15, 0.2) is 23.1 Å². The largest absolute Gasteiger partial charge is 0.392 e. The van der Waals surface area contributed by atoms with E-state index in [0.717, 1.165) is 19.3 Å². The van der Waals surface area contributed by atoms with E-state index < -0.39 is 10.0 Å². The first-order chi connectivity index (χ1) is 8.97. The molecule has 2 N–H and O–H groups in total. The highest BCUT2D eigenvalue weighted by Crippen LogP contribution is 2.36. The minimum atomic E-state index is -3.60. The lowest BCUT2D eigenvalue weighted by atomic mass is 10.2. The fraction of sp³-hybridized carbons (Fsp3) is 0.538. The second-order valence-corrected chi connectivity index (χ2v) is 7.02. The van der Waals surface area contributed by atoms with Crippen LogP contribution in [-0.2, 0) is 16.6 Å². The van der Waals surface area contributed by atoms with Crippen molar-refractivity contribution in [2.24, 2.45) is 5.92 Å². The summed E-state index contributed by atoms with van der Waals surface area (Å²) in [5.74, 6) is 0.444. The van der Waals surface area contributed by atoms with Crippen molar-refractivity contribution in [1.82, 2.24) is 4.72 Å². The predicted molar refractivity (Wildman–Crippen MR) is 74.5 cm³/mol. The number of aliphatic hydroxyl groups excluding tert-OH is 1. The second kappa shape index (κ2) is 5.79. The average Bonchev–Trinajstić information content (AvgIpc) is 3.07. The normalized spacial score (nSPS) is 22.5. The van der Waals surface area contributed by atoms with E-state index in [0.29, 0.717) is 11.5 Å². The van der Waals surface area contributed by atoms with Gasteiger partial charge in [-0.05, 0) is 36.5 Å². The number of hydrogen-bond donors (Lipinski definition) is 2. The molecule has 2 atom stereocenters. The monoisotopic (exact) mass is 303 g/mol. The number of nitrogens with one attached hydrogen (secondary N) is 1. The first-order valence-electron chi connectivity index (χ1n) is 6.39. The van der Waals surface area contributed by atoms with Gasteiger partial charge in [-0.15, -0.1) is 0 Å². The maximum absolute atomic E-state index is 12.2. The summed E-state index contributed by atoms with van der Waals surface area (Å²) in [7, 11) is -3.60. The Morgan fingerprint density at radius 3 is 2.84 bits per heavy atom. The van der Waals surface area contributed by atoms with E-state index in [1.165, 1.54) is 12.1 Å². The Morgan fingerprint density at radius 1 is 1.47 bits per heavy atom. The van der Waals surface area contributed by atoms with Crippen molar-refractivity contribution in [2.75, 3.05) is 0 Å². The van der Waals surface area contributed by atoms with Gasteiger partial charge in [0.05, 0.1) is 11.6 Å². The summed E-state index contributed by atoms with van der Waals surface area (Å²) in [6, 6.07) is 4.55. The van der Waals surface area contributed by atoms with Gasteiger partial charge < -0.3 is 5.11 Å². The van der Waals surface area contributed by atoms with Crippen LogP contribution >= 0.6 is 11.6 Å². The van der Waals surface area contributed by atoms with Crippen LogP contribution in [0.25, 0.3) is 0 Å². The lowest BCUT2D eigenvalue weighted by Crippen LogP contribution is -2.27. The molecule has 19 heavy (non-hydrogen) atoms. The predicted octanol–water partition coefficient (Wildman–Crippen LogP) is 2.30. The third kappa shape index (κ3) is 3.48. The molecule has 0 saturated heterocycles. The van der Waals surface area contributed by atoms with Gasteiger partial charge in [-0.2, -0.15) is 0 Å². The van der Waals surface area contributed by atoms with Crippen molar-refractivity contribution in [3.63, 3.8) is 0 Å². The summed E-state index contributed by atoms with van der Waals surface area (Å²) >= 11 is 5.94. The van der Waals surface area contributed by atoms with E-state index >= 15 is 0 Å². The smallest absolute Gasteiger partial charge is 0.242 e. The molecule has 0 heterocycles. The van der Waals surface area contributed by atoms with Gasteiger partial charge in [-0.3, -0.25) is 0 Å². The Morgan fingerprint density at radius 2 is 2.21 bits per heavy atom. The molecule has 4 nitrogen and oxygen atoms in total. The number of benzene rings is 1. The van der Waals surface area contributed by atoms with E-state index in [1.807, 2.05) is 0 Å². The van der Waals surface area contributed by atoms with Crippen molar-refractivity contribution < 1.29 is 13.5 Å². The van der Waals surface area contributed by atoms with Crippen LogP contribution in [-0.4, -0.2) is 19.6 Å². The van der Waals surface area contributed by atoms with Crippen LogP contribution in [0.2, 0.25) is 5.02 Å². The first-order valence-corrected chi connectivity index (χ1v) is 8.25. The maximum Gasteiger partial charge on any atom is 0.242 e. The lowest BCUT2D eigenvalue weighted by molar-refractivity contribution is 0.281. The van der Waals surface area contributed by atoms with E-state index in [2.05, 4.69) is 11.6 Å². The Labute approximate surface area is 118 Å². The summed E-state index contributed by atoms with van der Waals surface area (Å²) in [5.41, 5.74) is 0.533. The van der Waals surface area contributed by atoms with Crippen LogP contribution in [0.4, 0.5) is 0 Å². The van der Waals surface area contributed by atoms with Crippen LogP contribution in [0, 0.1) is 5.92 Å². The minimum absolute atomic E-state index is 0.0267. The van der Waals surface area contributed by atoms with Crippen LogP contribution in [0.1, 0.15) is 31.7 Å². The van der Waals surface area contributed by atoms with Gasteiger partial charge in [0.25, 0.3) is 0 Å².